The van der Waals surface area contributed by atoms with Crippen LogP contribution in [0.15, 0.2) is 23.3 Å². The van der Waals surface area contributed by atoms with Crippen LogP contribution >= 0.6 is 0 Å². The Bertz CT molecular complexity index is 683. The van der Waals surface area contributed by atoms with Crippen molar-refractivity contribution in [2.24, 2.45) is 44.3 Å². The number of nitrogens with one attached hydrogen (secondary N) is 2. The van der Waals surface area contributed by atoms with Crippen LogP contribution in [-0.4, -0.2) is 26.2 Å². The molecular formula is C24H38N2. The van der Waals surface area contributed by atoms with Crippen molar-refractivity contribution in [2.45, 2.75) is 55.4 Å². The van der Waals surface area contributed by atoms with Gasteiger partial charge in [-0.3, -0.25) is 0 Å². The highest BCUT2D eigenvalue weighted by atomic mass is 15.2. The SMILES string of the molecule is CC(C)(C)/C=C1/[C@H]2CNC[C@@]23[C@]1(C)[C@]1(C)/C(=C/C(C)(C)C)[C@H]2CNC[C@]213. The quantitative estimate of drug-likeness (QED) is 0.630. The molecule has 2 heterocycles. The fourth-order valence-corrected chi connectivity index (χ4v) is 8.94. The molecule has 2 aliphatic heterocycles. The Morgan fingerprint density at radius 1 is 0.731 bits per heavy atom. The van der Waals surface area contributed by atoms with Gasteiger partial charge in [-0.15, -0.1) is 0 Å². The lowest BCUT2D eigenvalue weighted by Crippen LogP contribution is -2.93. The molecule has 2 spiro atoms. The summed E-state index contributed by atoms with van der Waals surface area (Å²) in [7, 11) is 0. The second-order valence-electron chi connectivity index (χ2n) is 12.5. The van der Waals surface area contributed by atoms with Crippen LogP contribution in [0.3, 0.4) is 0 Å². The normalized spacial score (nSPS) is 54.8. The molecule has 5 fully saturated rings. The Labute approximate surface area is 160 Å². The molecule has 144 valence electrons. The smallest absolute Gasteiger partial charge is 0.00883 e. The molecule has 3 saturated carbocycles. The Morgan fingerprint density at radius 2 is 1.08 bits per heavy atom. The molecule has 0 amide bonds. The molecule has 2 saturated heterocycles. The Balaban J connectivity index is 1.71. The van der Waals surface area contributed by atoms with Gasteiger partial charge < -0.3 is 10.6 Å². The third-order valence-corrected chi connectivity index (χ3v) is 9.36. The van der Waals surface area contributed by atoms with Gasteiger partial charge in [0.05, 0.1) is 0 Å². The summed E-state index contributed by atoms with van der Waals surface area (Å²) in [6.45, 7) is 24.3. The molecule has 5 aliphatic rings. The molecule has 2 heteroatoms. The molecule has 0 radical (unpaired) electrons. The summed E-state index contributed by atoms with van der Waals surface area (Å²) < 4.78 is 0. The zero-order chi connectivity index (χ0) is 19.0. The van der Waals surface area contributed by atoms with Gasteiger partial charge in [0.2, 0.25) is 0 Å². The highest BCUT2D eigenvalue weighted by Crippen LogP contribution is 2.99. The number of allylic oxidation sites excluding steroid dienone is 2. The van der Waals surface area contributed by atoms with Crippen molar-refractivity contribution in [1.29, 1.82) is 0 Å². The minimum absolute atomic E-state index is 0.261. The first-order valence-corrected chi connectivity index (χ1v) is 10.7. The fourth-order valence-electron chi connectivity index (χ4n) is 8.94. The Morgan fingerprint density at radius 3 is 1.38 bits per heavy atom. The predicted octanol–water partition coefficient (Wildman–Crippen LogP) is 4.40. The van der Waals surface area contributed by atoms with E-state index in [2.05, 4.69) is 78.2 Å². The maximum absolute atomic E-state index is 3.83. The van der Waals surface area contributed by atoms with Gasteiger partial charge in [-0.2, -0.15) is 0 Å². The van der Waals surface area contributed by atoms with Crippen LogP contribution in [0.5, 0.6) is 0 Å². The molecule has 0 bridgehead atoms. The van der Waals surface area contributed by atoms with Gasteiger partial charge in [0.15, 0.2) is 0 Å². The zero-order valence-electron chi connectivity index (χ0n) is 18.1. The maximum atomic E-state index is 3.83. The molecule has 0 unspecified atom stereocenters. The molecule has 5 rings (SSSR count). The van der Waals surface area contributed by atoms with Crippen LogP contribution in [-0.2, 0) is 0 Å². The van der Waals surface area contributed by atoms with E-state index in [1.54, 1.807) is 11.1 Å². The molecular weight excluding hydrogens is 316 g/mol. The van der Waals surface area contributed by atoms with E-state index in [4.69, 9.17) is 0 Å². The first-order chi connectivity index (χ1) is 11.9. The van der Waals surface area contributed by atoms with Gasteiger partial charge in [-0.1, -0.05) is 78.7 Å². The van der Waals surface area contributed by atoms with Gasteiger partial charge in [0, 0.05) is 59.7 Å². The van der Waals surface area contributed by atoms with E-state index in [0.717, 1.165) is 11.8 Å². The molecule has 2 N–H and O–H groups in total. The molecule has 3 aliphatic carbocycles. The predicted molar refractivity (Wildman–Crippen MR) is 109 cm³/mol. The number of hydrogen-bond donors (Lipinski definition) is 2. The molecule has 0 aromatic rings. The topological polar surface area (TPSA) is 24.1 Å². The van der Waals surface area contributed by atoms with E-state index in [0.29, 0.717) is 21.7 Å². The van der Waals surface area contributed by atoms with Crippen molar-refractivity contribution in [3.8, 4) is 0 Å². The van der Waals surface area contributed by atoms with Gasteiger partial charge in [0.1, 0.15) is 0 Å². The summed E-state index contributed by atoms with van der Waals surface area (Å²) in [6.07, 6.45) is 5.29. The number of rotatable bonds is 0. The van der Waals surface area contributed by atoms with Crippen LogP contribution in [0.1, 0.15) is 55.4 Å². The molecule has 0 aromatic heterocycles. The second-order valence-corrected chi connectivity index (χ2v) is 12.5. The van der Waals surface area contributed by atoms with Crippen molar-refractivity contribution in [3.05, 3.63) is 23.3 Å². The van der Waals surface area contributed by atoms with Crippen molar-refractivity contribution in [2.75, 3.05) is 26.2 Å². The summed E-state index contributed by atoms with van der Waals surface area (Å²) >= 11 is 0. The largest absolute Gasteiger partial charge is 0.315 e. The average molecular weight is 355 g/mol. The molecule has 6 atom stereocenters. The van der Waals surface area contributed by atoms with Crippen LogP contribution < -0.4 is 10.6 Å². The van der Waals surface area contributed by atoms with Crippen molar-refractivity contribution in [1.82, 2.24) is 10.6 Å². The summed E-state index contributed by atoms with van der Waals surface area (Å²) in [4.78, 5) is 0. The van der Waals surface area contributed by atoms with Crippen LogP contribution in [0.25, 0.3) is 0 Å². The summed E-state index contributed by atoms with van der Waals surface area (Å²) in [5.41, 5.74) is 5.70. The Kier molecular flexibility index (Phi) is 2.93. The maximum Gasteiger partial charge on any atom is 0.00883 e. The lowest BCUT2D eigenvalue weighted by atomic mass is 9.07. The third-order valence-electron chi connectivity index (χ3n) is 9.36. The summed E-state index contributed by atoms with van der Waals surface area (Å²) in [6, 6.07) is 0. The van der Waals surface area contributed by atoms with Crippen LogP contribution in [0, 0.1) is 44.3 Å². The Hall–Kier alpha value is -0.600. The van der Waals surface area contributed by atoms with E-state index in [1.165, 1.54) is 26.2 Å². The summed E-state index contributed by atoms with van der Waals surface area (Å²) in [5, 5.41) is 7.66. The monoisotopic (exact) mass is 354 g/mol. The summed E-state index contributed by atoms with van der Waals surface area (Å²) in [5.74, 6) is 1.52. The first-order valence-electron chi connectivity index (χ1n) is 10.7. The fraction of sp³-hybridized carbons (Fsp3) is 0.833. The minimum atomic E-state index is 0.261. The van der Waals surface area contributed by atoms with Gasteiger partial charge >= 0.3 is 0 Å². The highest BCUT2D eigenvalue weighted by Gasteiger charge is 2.99. The number of fused-ring (bicyclic) bond motifs is 1. The molecule has 26 heavy (non-hydrogen) atoms. The zero-order valence-corrected chi connectivity index (χ0v) is 18.1. The van der Waals surface area contributed by atoms with E-state index in [-0.39, 0.29) is 10.8 Å². The van der Waals surface area contributed by atoms with Crippen molar-refractivity contribution >= 4 is 0 Å². The van der Waals surface area contributed by atoms with E-state index >= 15 is 0 Å². The second kappa shape index (κ2) is 4.35. The lowest BCUT2D eigenvalue weighted by Gasteiger charge is -2.95. The minimum Gasteiger partial charge on any atom is -0.315 e. The van der Waals surface area contributed by atoms with Crippen molar-refractivity contribution < 1.29 is 0 Å². The van der Waals surface area contributed by atoms with Gasteiger partial charge in [-0.05, 0) is 10.8 Å². The van der Waals surface area contributed by atoms with Gasteiger partial charge in [-0.25, -0.2) is 0 Å². The highest BCUT2D eigenvalue weighted by molar-refractivity contribution is 5.64. The van der Waals surface area contributed by atoms with E-state index < -0.39 is 0 Å². The van der Waals surface area contributed by atoms with Crippen LogP contribution in [0.2, 0.25) is 0 Å². The van der Waals surface area contributed by atoms with Crippen molar-refractivity contribution in [3.63, 3.8) is 0 Å². The molecule has 0 aromatic carbocycles. The standard InChI is InChI=1S/C24H38N2/c1-19(2,3)9-15-17-11-25-13-23(17)21(15,7)22(8)16(10-20(4,5)6)18-12-26-14-24(18,22)23/h9-10,17-18,25-26H,11-14H2,1-8H3/b15-9-,16-10+/t17-,18-,21+,22+,23+,24+/m1/s1. The van der Waals surface area contributed by atoms with Crippen LogP contribution in [0.4, 0.5) is 0 Å². The average Bonchev–Trinajstić information content (AvgIpc) is 3.10. The number of hydrogen-bond acceptors (Lipinski definition) is 2. The van der Waals surface area contributed by atoms with E-state index in [1.807, 2.05) is 0 Å². The molecule has 2 nitrogen and oxygen atoms in total. The first kappa shape index (κ1) is 17.5. The lowest BCUT2D eigenvalue weighted by molar-refractivity contribution is -0.394. The third kappa shape index (κ3) is 1.41. The van der Waals surface area contributed by atoms with E-state index in [9.17, 15) is 0 Å². The van der Waals surface area contributed by atoms with Gasteiger partial charge in [0.25, 0.3) is 0 Å².